The Morgan fingerprint density at radius 3 is 2.92 bits per heavy atom. The van der Waals surface area contributed by atoms with Gasteiger partial charge in [-0.05, 0) is 35.0 Å². The Labute approximate surface area is 144 Å². The number of nitrogens with zero attached hydrogens (tertiary/aromatic N) is 6. The highest BCUT2D eigenvalue weighted by Gasteiger charge is 2.16. The second-order valence-corrected chi connectivity index (χ2v) is 5.45. The van der Waals surface area contributed by atoms with Gasteiger partial charge in [0.05, 0.1) is 17.4 Å². The lowest BCUT2D eigenvalue weighted by atomic mass is 10.1. The summed E-state index contributed by atoms with van der Waals surface area (Å²) in [5, 5.41) is 18.1. The van der Waals surface area contributed by atoms with Gasteiger partial charge in [-0.3, -0.25) is 9.48 Å². The summed E-state index contributed by atoms with van der Waals surface area (Å²) < 4.78 is 8.85. The SMILES string of the molecule is CC[C@H](NC(=O)COc1cccc(-n2cnnn2)c1)c1ccnn1C. The van der Waals surface area contributed by atoms with Crippen LogP contribution >= 0.6 is 0 Å². The zero-order chi connectivity index (χ0) is 17.6. The third-order valence-electron chi connectivity index (χ3n) is 3.76. The molecule has 9 nitrogen and oxygen atoms in total. The second kappa shape index (κ2) is 7.56. The fraction of sp³-hybridized carbons (Fsp3) is 0.312. The fourth-order valence-corrected chi connectivity index (χ4v) is 2.49. The average Bonchev–Trinajstić information content (AvgIpc) is 3.30. The standard InChI is InChI=1S/C16H19N7O2/c1-3-14(15-7-8-18-22(15)2)19-16(24)10-25-13-6-4-5-12(9-13)23-11-17-20-21-23/h4-9,11,14H,3,10H2,1-2H3,(H,19,24)/t14-/m0/s1. The van der Waals surface area contributed by atoms with Crippen LogP contribution in [0.25, 0.3) is 5.69 Å². The molecule has 1 N–H and O–H groups in total. The van der Waals surface area contributed by atoms with Gasteiger partial charge in [0.1, 0.15) is 12.1 Å². The van der Waals surface area contributed by atoms with E-state index in [2.05, 4.69) is 25.9 Å². The van der Waals surface area contributed by atoms with E-state index in [1.165, 1.54) is 11.0 Å². The smallest absolute Gasteiger partial charge is 0.258 e. The number of benzene rings is 1. The van der Waals surface area contributed by atoms with Gasteiger partial charge in [-0.25, -0.2) is 4.68 Å². The maximum absolute atomic E-state index is 12.2. The van der Waals surface area contributed by atoms with Crippen LogP contribution in [0, 0.1) is 0 Å². The molecule has 1 aromatic carbocycles. The molecule has 0 fully saturated rings. The minimum Gasteiger partial charge on any atom is -0.484 e. The molecule has 0 bridgehead atoms. The number of nitrogens with one attached hydrogen (secondary N) is 1. The quantitative estimate of drug-likeness (QED) is 0.689. The van der Waals surface area contributed by atoms with Crippen LogP contribution in [0.15, 0.2) is 42.9 Å². The summed E-state index contributed by atoms with van der Waals surface area (Å²) in [4.78, 5) is 12.2. The highest BCUT2D eigenvalue weighted by molar-refractivity contribution is 5.78. The van der Waals surface area contributed by atoms with Crippen LogP contribution in [0.5, 0.6) is 5.75 Å². The molecular weight excluding hydrogens is 322 g/mol. The number of carbonyl (C=O) groups is 1. The third-order valence-corrected chi connectivity index (χ3v) is 3.76. The van der Waals surface area contributed by atoms with Crippen molar-refractivity contribution >= 4 is 5.91 Å². The molecule has 130 valence electrons. The molecule has 9 heteroatoms. The van der Waals surface area contributed by atoms with E-state index in [1.54, 1.807) is 23.0 Å². The number of hydrogen-bond acceptors (Lipinski definition) is 6. The van der Waals surface area contributed by atoms with Gasteiger partial charge in [0.2, 0.25) is 0 Å². The largest absolute Gasteiger partial charge is 0.484 e. The van der Waals surface area contributed by atoms with Crippen LogP contribution in [0.1, 0.15) is 25.1 Å². The third kappa shape index (κ3) is 4.00. The summed E-state index contributed by atoms with van der Waals surface area (Å²) in [5.41, 5.74) is 1.71. The van der Waals surface area contributed by atoms with Crippen molar-refractivity contribution < 1.29 is 9.53 Å². The fourth-order valence-electron chi connectivity index (χ4n) is 2.49. The molecule has 0 saturated heterocycles. The van der Waals surface area contributed by atoms with Crippen molar-refractivity contribution in [2.45, 2.75) is 19.4 Å². The number of ether oxygens (including phenoxy) is 1. The molecule has 25 heavy (non-hydrogen) atoms. The molecule has 3 rings (SSSR count). The molecule has 0 saturated carbocycles. The lowest BCUT2D eigenvalue weighted by Crippen LogP contribution is -2.33. The van der Waals surface area contributed by atoms with Crippen molar-refractivity contribution in [2.75, 3.05) is 6.61 Å². The van der Waals surface area contributed by atoms with E-state index in [9.17, 15) is 4.79 Å². The van der Waals surface area contributed by atoms with Gasteiger partial charge in [0.25, 0.3) is 5.91 Å². The van der Waals surface area contributed by atoms with Crippen molar-refractivity contribution in [3.63, 3.8) is 0 Å². The second-order valence-electron chi connectivity index (χ2n) is 5.45. The van der Waals surface area contributed by atoms with E-state index in [0.29, 0.717) is 5.75 Å². The first-order valence-corrected chi connectivity index (χ1v) is 7.91. The first-order chi connectivity index (χ1) is 12.2. The molecule has 0 aliphatic carbocycles. The molecule has 0 unspecified atom stereocenters. The highest BCUT2D eigenvalue weighted by atomic mass is 16.5. The number of rotatable bonds is 7. The number of carbonyl (C=O) groups excluding carboxylic acids is 1. The van der Waals surface area contributed by atoms with E-state index in [-0.39, 0.29) is 18.6 Å². The Bertz CT molecular complexity index is 829. The van der Waals surface area contributed by atoms with Crippen LogP contribution in [0.3, 0.4) is 0 Å². The minimum atomic E-state index is -0.194. The van der Waals surface area contributed by atoms with E-state index in [1.807, 2.05) is 32.2 Å². The minimum absolute atomic E-state index is 0.0760. The number of hydrogen-bond donors (Lipinski definition) is 1. The van der Waals surface area contributed by atoms with Gasteiger partial charge >= 0.3 is 0 Å². The van der Waals surface area contributed by atoms with Crippen molar-refractivity contribution in [2.24, 2.45) is 7.05 Å². The molecule has 0 aliphatic rings. The Morgan fingerprint density at radius 2 is 2.24 bits per heavy atom. The predicted molar refractivity (Wildman–Crippen MR) is 89.0 cm³/mol. The summed E-state index contributed by atoms with van der Waals surface area (Å²) in [7, 11) is 1.85. The van der Waals surface area contributed by atoms with Crippen LogP contribution in [0.4, 0.5) is 0 Å². The van der Waals surface area contributed by atoms with E-state index >= 15 is 0 Å². The monoisotopic (exact) mass is 341 g/mol. The summed E-state index contributed by atoms with van der Waals surface area (Å²) in [6, 6.07) is 9.00. The van der Waals surface area contributed by atoms with Gasteiger partial charge < -0.3 is 10.1 Å². The summed E-state index contributed by atoms with van der Waals surface area (Å²) in [6.07, 6.45) is 3.97. The summed E-state index contributed by atoms with van der Waals surface area (Å²) >= 11 is 0. The lowest BCUT2D eigenvalue weighted by molar-refractivity contribution is -0.123. The topological polar surface area (TPSA) is 99.8 Å². The Balaban J connectivity index is 1.59. The van der Waals surface area contributed by atoms with Crippen molar-refractivity contribution in [1.82, 2.24) is 35.3 Å². The van der Waals surface area contributed by atoms with Crippen molar-refractivity contribution in [3.05, 3.63) is 48.5 Å². The molecule has 1 atom stereocenters. The number of amides is 1. The summed E-state index contributed by atoms with van der Waals surface area (Å²) in [5.74, 6) is 0.373. The van der Waals surface area contributed by atoms with E-state index in [0.717, 1.165) is 17.8 Å². The van der Waals surface area contributed by atoms with Gasteiger partial charge in [0, 0.05) is 19.3 Å². The predicted octanol–water partition coefficient (Wildman–Crippen LogP) is 1.04. The molecule has 3 aromatic rings. The zero-order valence-electron chi connectivity index (χ0n) is 14.0. The van der Waals surface area contributed by atoms with E-state index < -0.39 is 0 Å². The van der Waals surface area contributed by atoms with Crippen LogP contribution < -0.4 is 10.1 Å². The molecule has 0 spiro atoms. The number of tetrazole rings is 1. The molecule has 2 heterocycles. The maximum Gasteiger partial charge on any atom is 0.258 e. The Kier molecular flexibility index (Phi) is 5.03. The van der Waals surface area contributed by atoms with Gasteiger partial charge in [0.15, 0.2) is 6.61 Å². The van der Waals surface area contributed by atoms with Gasteiger partial charge in [-0.15, -0.1) is 5.10 Å². The summed E-state index contributed by atoms with van der Waals surface area (Å²) in [6.45, 7) is 1.93. The molecule has 0 aliphatic heterocycles. The normalized spacial score (nSPS) is 11.9. The van der Waals surface area contributed by atoms with Gasteiger partial charge in [-0.1, -0.05) is 13.0 Å². The molecule has 0 radical (unpaired) electrons. The van der Waals surface area contributed by atoms with Crippen LogP contribution in [-0.2, 0) is 11.8 Å². The molecule has 2 aromatic heterocycles. The number of aromatic nitrogens is 6. The lowest BCUT2D eigenvalue weighted by Gasteiger charge is -2.17. The van der Waals surface area contributed by atoms with Gasteiger partial charge in [-0.2, -0.15) is 5.10 Å². The Hall–Kier alpha value is -3.23. The Morgan fingerprint density at radius 1 is 1.36 bits per heavy atom. The zero-order valence-corrected chi connectivity index (χ0v) is 14.0. The highest BCUT2D eigenvalue weighted by Crippen LogP contribution is 2.17. The van der Waals surface area contributed by atoms with E-state index in [4.69, 9.17) is 4.74 Å². The first-order valence-electron chi connectivity index (χ1n) is 7.91. The first kappa shape index (κ1) is 16.6. The number of aryl methyl sites for hydroxylation is 1. The molecular formula is C16H19N7O2. The van der Waals surface area contributed by atoms with Crippen molar-refractivity contribution in [3.8, 4) is 11.4 Å². The average molecular weight is 341 g/mol. The van der Waals surface area contributed by atoms with Crippen LogP contribution in [0.2, 0.25) is 0 Å². The van der Waals surface area contributed by atoms with Crippen LogP contribution in [-0.4, -0.2) is 42.5 Å². The molecule has 1 amide bonds. The van der Waals surface area contributed by atoms with Crippen molar-refractivity contribution in [1.29, 1.82) is 0 Å². The maximum atomic E-state index is 12.2.